The van der Waals surface area contributed by atoms with Crippen LogP contribution in [-0.4, -0.2) is 58.2 Å². The Hall–Kier alpha value is -0.210. The van der Waals surface area contributed by atoms with Gasteiger partial charge in [-0.1, -0.05) is 13.3 Å². The molecule has 6 nitrogen and oxygen atoms in total. The summed E-state index contributed by atoms with van der Waals surface area (Å²) in [6, 6.07) is 0.0679. The van der Waals surface area contributed by atoms with Crippen LogP contribution in [0.25, 0.3) is 0 Å². The third kappa shape index (κ3) is 5.74. The molecule has 1 fully saturated rings. The van der Waals surface area contributed by atoms with E-state index in [1.165, 1.54) is 0 Å². The minimum Gasteiger partial charge on any atom is -0.380 e. The number of likely N-dealkylation sites (N-methyl/N-ethyl adjacent to an activating group) is 1. The average Bonchev–Trinajstić information content (AvgIpc) is 2.41. The van der Waals surface area contributed by atoms with Gasteiger partial charge in [-0.15, -0.1) is 0 Å². The Balaban J connectivity index is 2.51. The van der Waals surface area contributed by atoms with Crippen molar-refractivity contribution in [2.75, 3.05) is 39.4 Å². The van der Waals surface area contributed by atoms with E-state index >= 15 is 0 Å². The molecule has 0 bridgehead atoms. The van der Waals surface area contributed by atoms with Gasteiger partial charge in [0.1, 0.15) is 0 Å². The normalized spacial score (nSPS) is 21.7. The first-order valence-electron chi connectivity index (χ1n) is 7.16. The minimum atomic E-state index is -3.38. The Morgan fingerprint density at radius 1 is 1.32 bits per heavy atom. The molecule has 19 heavy (non-hydrogen) atoms. The van der Waals surface area contributed by atoms with Crippen LogP contribution in [0.1, 0.15) is 33.1 Å². The first-order valence-corrected chi connectivity index (χ1v) is 8.60. The molecule has 0 amide bonds. The highest BCUT2D eigenvalue weighted by Gasteiger charge is 2.31. The average molecular weight is 293 g/mol. The maximum absolute atomic E-state index is 12.3. The number of rotatable bonds is 9. The van der Waals surface area contributed by atoms with E-state index in [0.29, 0.717) is 26.3 Å². The van der Waals surface area contributed by atoms with Crippen LogP contribution in [-0.2, 0) is 14.9 Å². The summed E-state index contributed by atoms with van der Waals surface area (Å²) in [4.78, 5) is 0. The van der Waals surface area contributed by atoms with Gasteiger partial charge in [-0.05, 0) is 26.3 Å². The molecule has 1 rings (SSSR count). The standard InChI is InChI=1S/C12H27N3O3S/c1-3-13-11-12-7-5-6-9-15(12)19(16,17)14-8-10-18-4-2/h12-14H,3-11H2,1-2H3. The lowest BCUT2D eigenvalue weighted by Crippen LogP contribution is -2.52. The summed E-state index contributed by atoms with van der Waals surface area (Å²) in [5, 5.41) is 3.24. The fraction of sp³-hybridized carbons (Fsp3) is 1.00. The maximum atomic E-state index is 12.3. The van der Waals surface area contributed by atoms with Gasteiger partial charge in [0.2, 0.25) is 0 Å². The third-order valence-corrected chi connectivity index (χ3v) is 4.91. The number of nitrogens with zero attached hydrogens (tertiary/aromatic N) is 1. The van der Waals surface area contributed by atoms with Crippen LogP contribution in [0, 0.1) is 0 Å². The zero-order valence-electron chi connectivity index (χ0n) is 12.0. The van der Waals surface area contributed by atoms with Crippen molar-refractivity contribution in [3.05, 3.63) is 0 Å². The van der Waals surface area contributed by atoms with E-state index in [2.05, 4.69) is 10.0 Å². The molecule has 114 valence electrons. The predicted molar refractivity (Wildman–Crippen MR) is 76.3 cm³/mol. The Morgan fingerprint density at radius 2 is 2.11 bits per heavy atom. The number of nitrogens with one attached hydrogen (secondary N) is 2. The Labute approximate surface area is 117 Å². The monoisotopic (exact) mass is 293 g/mol. The summed E-state index contributed by atoms with van der Waals surface area (Å²) in [5.41, 5.74) is 0. The Kier molecular flexibility index (Phi) is 7.86. The summed E-state index contributed by atoms with van der Waals surface area (Å²) < 4.78 is 33.9. The molecule has 0 radical (unpaired) electrons. The first-order chi connectivity index (χ1) is 9.11. The van der Waals surface area contributed by atoms with Crippen molar-refractivity contribution in [3.8, 4) is 0 Å². The highest BCUT2D eigenvalue weighted by atomic mass is 32.2. The molecule has 0 aliphatic carbocycles. The first kappa shape index (κ1) is 16.8. The largest absolute Gasteiger partial charge is 0.380 e. The molecule has 1 aliphatic heterocycles. The van der Waals surface area contributed by atoms with Crippen LogP contribution < -0.4 is 10.0 Å². The fourth-order valence-corrected chi connectivity index (χ4v) is 3.72. The lowest BCUT2D eigenvalue weighted by Gasteiger charge is -2.34. The van der Waals surface area contributed by atoms with Gasteiger partial charge in [0.15, 0.2) is 0 Å². The molecule has 1 aliphatic rings. The van der Waals surface area contributed by atoms with E-state index in [1.54, 1.807) is 4.31 Å². The topological polar surface area (TPSA) is 70.7 Å². The van der Waals surface area contributed by atoms with E-state index in [4.69, 9.17) is 4.74 Å². The molecule has 0 aromatic rings. The molecule has 1 saturated heterocycles. The molecule has 7 heteroatoms. The van der Waals surface area contributed by atoms with Gasteiger partial charge >= 0.3 is 0 Å². The van der Waals surface area contributed by atoms with Crippen LogP contribution >= 0.6 is 0 Å². The van der Waals surface area contributed by atoms with Crippen LogP contribution in [0.2, 0.25) is 0 Å². The molecule has 0 spiro atoms. The number of hydrogen-bond donors (Lipinski definition) is 2. The van der Waals surface area contributed by atoms with Crippen molar-refractivity contribution >= 4 is 10.2 Å². The highest BCUT2D eigenvalue weighted by Crippen LogP contribution is 2.19. The van der Waals surface area contributed by atoms with Crippen LogP contribution in [0.4, 0.5) is 0 Å². The van der Waals surface area contributed by atoms with Crippen LogP contribution in [0.3, 0.4) is 0 Å². The van der Waals surface area contributed by atoms with Gasteiger partial charge in [0.05, 0.1) is 6.61 Å². The van der Waals surface area contributed by atoms with E-state index < -0.39 is 10.2 Å². The van der Waals surface area contributed by atoms with Crippen molar-refractivity contribution in [2.24, 2.45) is 0 Å². The van der Waals surface area contributed by atoms with E-state index in [1.807, 2.05) is 13.8 Å². The maximum Gasteiger partial charge on any atom is 0.279 e. The lowest BCUT2D eigenvalue weighted by molar-refractivity contribution is 0.152. The van der Waals surface area contributed by atoms with Crippen LogP contribution in [0.15, 0.2) is 0 Å². The van der Waals surface area contributed by atoms with Crippen molar-refractivity contribution in [3.63, 3.8) is 0 Å². The van der Waals surface area contributed by atoms with Crippen molar-refractivity contribution in [1.29, 1.82) is 0 Å². The fourth-order valence-electron chi connectivity index (χ4n) is 2.28. The second-order valence-corrected chi connectivity index (χ2v) is 6.37. The highest BCUT2D eigenvalue weighted by molar-refractivity contribution is 7.87. The number of piperidine rings is 1. The summed E-state index contributed by atoms with van der Waals surface area (Å²) in [6.07, 6.45) is 2.97. The van der Waals surface area contributed by atoms with Crippen molar-refractivity contribution in [2.45, 2.75) is 39.2 Å². The van der Waals surface area contributed by atoms with Gasteiger partial charge in [-0.25, -0.2) is 0 Å². The third-order valence-electron chi connectivity index (χ3n) is 3.25. The summed E-state index contributed by atoms with van der Waals surface area (Å²) >= 11 is 0. The van der Waals surface area contributed by atoms with Gasteiger partial charge in [0.25, 0.3) is 10.2 Å². The van der Waals surface area contributed by atoms with Crippen molar-refractivity contribution in [1.82, 2.24) is 14.3 Å². The number of ether oxygens (including phenoxy) is 1. The molecule has 0 aromatic carbocycles. The molecule has 1 atom stereocenters. The quantitative estimate of drug-likeness (QED) is 0.601. The smallest absolute Gasteiger partial charge is 0.279 e. The van der Waals surface area contributed by atoms with Gasteiger partial charge in [0, 0.05) is 32.3 Å². The number of hydrogen-bond acceptors (Lipinski definition) is 4. The molecular weight excluding hydrogens is 266 g/mol. The predicted octanol–water partition coefficient (Wildman–Crippen LogP) is 0.321. The second-order valence-electron chi connectivity index (χ2n) is 4.66. The summed E-state index contributed by atoms with van der Waals surface area (Å²) in [7, 11) is -3.38. The van der Waals surface area contributed by atoms with Crippen molar-refractivity contribution < 1.29 is 13.2 Å². The van der Waals surface area contributed by atoms with Crippen LogP contribution in [0.5, 0.6) is 0 Å². The SMILES string of the molecule is CCNCC1CCCCN1S(=O)(=O)NCCOCC. The van der Waals surface area contributed by atoms with E-state index in [0.717, 1.165) is 32.4 Å². The second kappa shape index (κ2) is 8.86. The van der Waals surface area contributed by atoms with E-state index in [9.17, 15) is 8.42 Å². The molecule has 1 heterocycles. The molecular formula is C12H27N3O3S. The van der Waals surface area contributed by atoms with Gasteiger partial charge < -0.3 is 10.1 Å². The molecule has 0 saturated carbocycles. The molecule has 2 N–H and O–H groups in total. The Morgan fingerprint density at radius 3 is 2.79 bits per heavy atom. The minimum absolute atomic E-state index is 0.0679. The lowest BCUT2D eigenvalue weighted by atomic mass is 10.1. The van der Waals surface area contributed by atoms with Gasteiger partial charge in [-0.3, -0.25) is 0 Å². The molecule has 0 aromatic heterocycles. The summed E-state index contributed by atoms with van der Waals surface area (Å²) in [6.45, 7) is 7.48. The zero-order valence-corrected chi connectivity index (χ0v) is 12.8. The Bertz CT molecular complexity index is 335. The van der Waals surface area contributed by atoms with Gasteiger partial charge in [-0.2, -0.15) is 17.4 Å². The zero-order chi connectivity index (χ0) is 14.1. The molecule has 1 unspecified atom stereocenters. The van der Waals surface area contributed by atoms with E-state index in [-0.39, 0.29) is 6.04 Å². The summed E-state index contributed by atoms with van der Waals surface area (Å²) in [5.74, 6) is 0.